The van der Waals surface area contributed by atoms with Gasteiger partial charge in [-0.15, -0.1) is 11.3 Å². The number of carbonyl (C=O) groups excluding carboxylic acids is 2. The van der Waals surface area contributed by atoms with E-state index in [0.29, 0.717) is 13.0 Å². The number of benzene rings is 1. The van der Waals surface area contributed by atoms with Crippen LogP contribution in [0.1, 0.15) is 16.0 Å². The van der Waals surface area contributed by atoms with Gasteiger partial charge in [0.2, 0.25) is 0 Å². The van der Waals surface area contributed by atoms with E-state index in [2.05, 4.69) is 15.8 Å². The lowest BCUT2D eigenvalue weighted by Crippen LogP contribution is -2.38. The zero-order valence-corrected chi connectivity index (χ0v) is 13.0. The molecular formula is C16H17N3O2S. The van der Waals surface area contributed by atoms with Gasteiger partial charge in [-0.05, 0) is 35.9 Å². The lowest BCUT2D eigenvalue weighted by molar-refractivity contribution is -0.139. The van der Waals surface area contributed by atoms with Crippen molar-refractivity contribution in [3.63, 3.8) is 0 Å². The SMILES string of the molecule is Cc1ccsc1/C=N\NC(=O)C(=O)NCCc1ccccc1. The molecule has 114 valence electrons. The molecule has 0 atom stereocenters. The Morgan fingerprint density at radius 3 is 2.64 bits per heavy atom. The van der Waals surface area contributed by atoms with Gasteiger partial charge in [-0.3, -0.25) is 9.59 Å². The highest BCUT2D eigenvalue weighted by Gasteiger charge is 2.11. The molecule has 1 aromatic heterocycles. The highest BCUT2D eigenvalue weighted by molar-refractivity contribution is 7.11. The summed E-state index contributed by atoms with van der Waals surface area (Å²) in [6.07, 6.45) is 2.21. The van der Waals surface area contributed by atoms with Gasteiger partial charge in [0.25, 0.3) is 0 Å². The van der Waals surface area contributed by atoms with Crippen LogP contribution in [0.5, 0.6) is 0 Å². The van der Waals surface area contributed by atoms with E-state index in [4.69, 9.17) is 0 Å². The molecule has 0 radical (unpaired) electrons. The lowest BCUT2D eigenvalue weighted by atomic mass is 10.1. The molecule has 2 aromatic rings. The molecule has 22 heavy (non-hydrogen) atoms. The van der Waals surface area contributed by atoms with E-state index >= 15 is 0 Å². The predicted octanol–water partition coefficient (Wildman–Crippen LogP) is 1.87. The van der Waals surface area contributed by atoms with Crippen molar-refractivity contribution in [3.05, 3.63) is 57.8 Å². The van der Waals surface area contributed by atoms with Gasteiger partial charge < -0.3 is 5.32 Å². The van der Waals surface area contributed by atoms with E-state index < -0.39 is 11.8 Å². The summed E-state index contributed by atoms with van der Waals surface area (Å²) in [4.78, 5) is 24.1. The molecule has 1 heterocycles. The van der Waals surface area contributed by atoms with Crippen LogP contribution in [0.3, 0.4) is 0 Å². The van der Waals surface area contributed by atoms with Gasteiger partial charge in [-0.25, -0.2) is 5.43 Å². The maximum Gasteiger partial charge on any atom is 0.329 e. The highest BCUT2D eigenvalue weighted by atomic mass is 32.1. The number of nitrogens with zero attached hydrogens (tertiary/aromatic N) is 1. The first-order valence-corrected chi connectivity index (χ1v) is 7.74. The molecule has 0 saturated heterocycles. The first-order chi connectivity index (χ1) is 10.7. The Hall–Kier alpha value is -2.47. The van der Waals surface area contributed by atoms with Gasteiger partial charge in [0.15, 0.2) is 0 Å². The van der Waals surface area contributed by atoms with Crippen LogP contribution in [0.25, 0.3) is 0 Å². The first kappa shape index (κ1) is 15.9. The number of nitrogens with one attached hydrogen (secondary N) is 2. The van der Waals surface area contributed by atoms with Crippen LogP contribution >= 0.6 is 11.3 Å². The topological polar surface area (TPSA) is 70.6 Å². The molecular weight excluding hydrogens is 298 g/mol. The molecule has 0 unspecified atom stereocenters. The van der Waals surface area contributed by atoms with Gasteiger partial charge in [-0.1, -0.05) is 30.3 Å². The first-order valence-electron chi connectivity index (χ1n) is 6.86. The summed E-state index contributed by atoms with van der Waals surface area (Å²) in [6.45, 7) is 2.36. The Bertz CT molecular complexity index is 665. The van der Waals surface area contributed by atoms with Gasteiger partial charge in [0.05, 0.1) is 6.21 Å². The smallest absolute Gasteiger partial charge is 0.329 e. The predicted molar refractivity (Wildman–Crippen MR) is 87.9 cm³/mol. The maximum absolute atomic E-state index is 11.6. The molecule has 0 spiro atoms. The van der Waals surface area contributed by atoms with Crippen LogP contribution in [-0.4, -0.2) is 24.6 Å². The van der Waals surface area contributed by atoms with Crippen molar-refractivity contribution in [1.82, 2.24) is 10.7 Å². The van der Waals surface area contributed by atoms with Crippen LogP contribution in [0.4, 0.5) is 0 Å². The third-order valence-corrected chi connectivity index (χ3v) is 3.95. The molecule has 0 bridgehead atoms. The van der Waals surface area contributed by atoms with Gasteiger partial charge in [0.1, 0.15) is 0 Å². The molecule has 0 aliphatic carbocycles. The molecule has 0 saturated carbocycles. The summed E-state index contributed by atoms with van der Waals surface area (Å²) in [5, 5.41) is 8.29. The van der Waals surface area contributed by atoms with Crippen LogP contribution in [0, 0.1) is 6.92 Å². The van der Waals surface area contributed by atoms with E-state index in [1.54, 1.807) is 0 Å². The summed E-state index contributed by atoms with van der Waals surface area (Å²) >= 11 is 1.52. The van der Waals surface area contributed by atoms with E-state index in [-0.39, 0.29) is 0 Å². The van der Waals surface area contributed by atoms with Gasteiger partial charge in [-0.2, -0.15) is 5.10 Å². The van der Waals surface area contributed by atoms with Crippen molar-refractivity contribution in [2.75, 3.05) is 6.54 Å². The minimum absolute atomic E-state index is 0.407. The van der Waals surface area contributed by atoms with Gasteiger partial charge >= 0.3 is 11.8 Å². The number of hydrogen-bond donors (Lipinski definition) is 2. The van der Waals surface area contributed by atoms with Crippen molar-refractivity contribution in [1.29, 1.82) is 0 Å². The number of amides is 2. The second-order valence-corrected chi connectivity index (χ2v) is 5.61. The largest absolute Gasteiger partial charge is 0.347 e. The molecule has 0 aliphatic rings. The van der Waals surface area contributed by atoms with Crippen molar-refractivity contribution >= 4 is 29.4 Å². The normalized spacial score (nSPS) is 10.6. The summed E-state index contributed by atoms with van der Waals surface area (Å²) in [5.74, 6) is -1.45. The molecule has 2 amide bonds. The van der Waals surface area contributed by atoms with Crippen molar-refractivity contribution in [2.24, 2.45) is 5.10 Å². The van der Waals surface area contributed by atoms with Crippen LogP contribution in [0.2, 0.25) is 0 Å². The third-order valence-electron chi connectivity index (χ3n) is 3.00. The van der Waals surface area contributed by atoms with Gasteiger partial charge in [0, 0.05) is 11.4 Å². The number of hydrazone groups is 1. The molecule has 1 aromatic carbocycles. The number of hydrogen-bond acceptors (Lipinski definition) is 4. The van der Waals surface area contributed by atoms with E-state index in [1.165, 1.54) is 17.6 Å². The second-order valence-electron chi connectivity index (χ2n) is 4.66. The monoisotopic (exact) mass is 315 g/mol. The van der Waals surface area contributed by atoms with Crippen molar-refractivity contribution < 1.29 is 9.59 Å². The maximum atomic E-state index is 11.6. The van der Waals surface area contributed by atoms with Crippen molar-refractivity contribution in [3.8, 4) is 0 Å². The molecule has 0 fully saturated rings. The lowest BCUT2D eigenvalue weighted by Gasteiger charge is -2.04. The molecule has 0 aliphatic heterocycles. The number of rotatable bonds is 5. The minimum Gasteiger partial charge on any atom is -0.347 e. The minimum atomic E-state index is -0.765. The van der Waals surface area contributed by atoms with Crippen molar-refractivity contribution in [2.45, 2.75) is 13.3 Å². The summed E-state index contributed by atoms with van der Waals surface area (Å²) in [6, 6.07) is 11.7. The highest BCUT2D eigenvalue weighted by Crippen LogP contribution is 2.12. The zero-order chi connectivity index (χ0) is 15.8. The summed E-state index contributed by atoms with van der Waals surface area (Å²) < 4.78 is 0. The molecule has 5 nitrogen and oxygen atoms in total. The fraction of sp³-hybridized carbons (Fsp3) is 0.188. The van der Waals surface area contributed by atoms with E-state index in [1.807, 2.05) is 48.7 Å². The summed E-state index contributed by atoms with van der Waals surface area (Å²) in [7, 11) is 0. The Balaban J connectivity index is 1.72. The third kappa shape index (κ3) is 4.82. The second kappa shape index (κ2) is 8.09. The molecule has 6 heteroatoms. The Labute approximate surface area is 133 Å². The quantitative estimate of drug-likeness (QED) is 0.502. The Morgan fingerprint density at radius 2 is 1.95 bits per heavy atom. The zero-order valence-electron chi connectivity index (χ0n) is 12.2. The molecule has 2 N–H and O–H groups in total. The average molecular weight is 315 g/mol. The van der Waals surface area contributed by atoms with Crippen LogP contribution in [0.15, 0.2) is 46.9 Å². The summed E-state index contributed by atoms with van der Waals surface area (Å²) in [5.41, 5.74) is 4.41. The Morgan fingerprint density at radius 1 is 1.18 bits per heavy atom. The van der Waals surface area contributed by atoms with Crippen LogP contribution < -0.4 is 10.7 Å². The van der Waals surface area contributed by atoms with Crippen LogP contribution in [-0.2, 0) is 16.0 Å². The number of aryl methyl sites for hydroxylation is 1. The standard InChI is InChI=1S/C16H17N3O2S/c1-12-8-10-22-14(12)11-18-19-16(21)15(20)17-9-7-13-5-3-2-4-6-13/h2-6,8,10-11H,7,9H2,1H3,(H,17,20)(H,19,21)/b18-11-. The van der Waals surface area contributed by atoms with E-state index in [0.717, 1.165) is 16.0 Å². The number of thiophene rings is 1. The fourth-order valence-electron chi connectivity index (χ4n) is 1.76. The molecule has 2 rings (SSSR count). The van der Waals surface area contributed by atoms with E-state index in [9.17, 15) is 9.59 Å². The fourth-order valence-corrected chi connectivity index (χ4v) is 2.55. The average Bonchev–Trinajstić information content (AvgIpc) is 2.93. The Kier molecular flexibility index (Phi) is 5.85. The number of carbonyl (C=O) groups is 2.